The molecule has 4 N–H and O–H groups in total. The second-order valence-corrected chi connectivity index (χ2v) is 10.2. The maximum atomic E-state index is 12.7. The van der Waals surface area contributed by atoms with Crippen LogP contribution in [0.15, 0.2) is 47.0 Å². The van der Waals surface area contributed by atoms with Gasteiger partial charge in [-0.05, 0) is 51.5 Å². The summed E-state index contributed by atoms with van der Waals surface area (Å²) in [5.41, 5.74) is 8.78. The third-order valence-electron chi connectivity index (χ3n) is 4.68. The summed E-state index contributed by atoms with van der Waals surface area (Å²) in [4.78, 5) is 4.47. The Balaban J connectivity index is 1.72. The standard InChI is InChI=1S/C23H31N4O5P/c1-5-30-33(29,31-6-2)14-16-7-9-17(10-8-16)21-26-22(32-27-21)18-11-12-20(19(24)13-18)25-15-23(3,4)28/h7-13,25,28H,5-6,14-15,24H2,1-4H3. The molecule has 0 aliphatic heterocycles. The minimum Gasteiger partial charge on any atom is -0.397 e. The Labute approximate surface area is 193 Å². The molecule has 0 saturated carbocycles. The van der Waals surface area contributed by atoms with E-state index in [1.165, 1.54) is 0 Å². The number of hydrogen-bond acceptors (Lipinski definition) is 9. The van der Waals surface area contributed by atoms with Crippen molar-refractivity contribution in [3.63, 3.8) is 0 Å². The lowest BCUT2D eigenvalue weighted by Gasteiger charge is -2.19. The van der Waals surface area contributed by atoms with E-state index >= 15 is 0 Å². The van der Waals surface area contributed by atoms with Crippen molar-refractivity contribution >= 4 is 19.0 Å². The summed E-state index contributed by atoms with van der Waals surface area (Å²) in [7, 11) is -3.17. The summed E-state index contributed by atoms with van der Waals surface area (Å²) in [5.74, 6) is 0.768. The number of hydrogen-bond donors (Lipinski definition) is 3. The van der Waals surface area contributed by atoms with Crippen molar-refractivity contribution in [2.45, 2.75) is 39.5 Å². The van der Waals surface area contributed by atoms with E-state index in [1.54, 1.807) is 33.8 Å². The average Bonchev–Trinajstić information content (AvgIpc) is 3.23. The zero-order valence-electron chi connectivity index (χ0n) is 19.4. The Morgan fingerprint density at radius 3 is 2.30 bits per heavy atom. The number of rotatable bonds is 11. The molecule has 0 spiro atoms. The highest BCUT2D eigenvalue weighted by atomic mass is 31.2. The van der Waals surface area contributed by atoms with Crippen LogP contribution in [0, 0.1) is 0 Å². The molecule has 2 aromatic carbocycles. The minimum absolute atomic E-state index is 0.194. The van der Waals surface area contributed by atoms with Crippen LogP contribution in [0.3, 0.4) is 0 Å². The molecule has 33 heavy (non-hydrogen) atoms. The van der Waals surface area contributed by atoms with Crippen LogP contribution in [0.25, 0.3) is 22.8 Å². The summed E-state index contributed by atoms with van der Waals surface area (Å²) in [6, 6.07) is 12.7. The first-order chi connectivity index (χ1) is 15.6. The first-order valence-corrected chi connectivity index (χ1v) is 12.5. The normalized spacial score (nSPS) is 12.2. The highest BCUT2D eigenvalue weighted by Gasteiger charge is 2.24. The van der Waals surface area contributed by atoms with Crippen LogP contribution in [0.2, 0.25) is 0 Å². The molecule has 1 aromatic heterocycles. The van der Waals surface area contributed by atoms with Gasteiger partial charge in [-0.25, -0.2) is 0 Å². The molecule has 0 amide bonds. The van der Waals surface area contributed by atoms with E-state index in [0.29, 0.717) is 48.4 Å². The van der Waals surface area contributed by atoms with Crippen LogP contribution >= 0.6 is 7.60 Å². The van der Waals surface area contributed by atoms with Gasteiger partial charge in [0.25, 0.3) is 5.89 Å². The van der Waals surface area contributed by atoms with Crippen LogP contribution in [0.1, 0.15) is 33.3 Å². The molecule has 10 heteroatoms. The predicted octanol–water partition coefficient (Wildman–Crippen LogP) is 4.93. The van der Waals surface area contributed by atoms with Gasteiger partial charge in [-0.1, -0.05) is 29.4 Å². The van der Waals surface area contributed by atoms with Crippen molar-refractivity contribution < 1.29 is 23.2 Å². The molecule has 0 aliphatic rings. The number of nitrogens with one attached hydrogen (secondary N) is 1. The molecule has 0 unspecified atom stereocenters. The van der Waals surface area contributed by atoms with Crippen LogP contribution in [0.4, 0.5) is 11.4 Å². The summed E-state index contributed by atoms with van der Waals surface area (Å²) in [6.07, 6.45) is 0.194. The van der Waals surface area contributed by atoms with E-state index in [9.17, 15) is 9.67 Å². The van der Waals surface area contributed by atoms with Crippen LogP contribution in [0.5, 0.6) is 0 Å². The fourth-order valence-electron chi connectivity index (χ4n) is 3.13. The summed E-state index contributed by atoms with van der Waals surface area (Å²) in [5, 5.41) is 17.1. The SMILES string of the molecule is CCOP(=O)(Cc1ccc(-c2noc(-c3ccc(NCC(C)(C)O)c(N)c3)n2)cc1)OCC. The Kier molecular flexibility index (Phi) is 7.92. The van der Waals surface area contributed by atoms with Crippen molar-refractivity contribution in [3.05, 3.63) is 48.0 Å². The molecule has 3 aromatic rings. The van der Waals surface area contributed by atoms with Gasteiger partial charge in [-0.3, -0.25) is 4.57 Å². The van der Waals surface area contributed by atoms with Gasteiger partial charge in [-0.15, -0.1) is 0 Å². The zero-order chi connectivity index (χ0) is 24.1. The molecule has 3 rings (SSSR count). The van der Waals surface area contributed by atoms with Gasteiger partial charge >= 0.3 is 7.60 Å². The number of aromatic nitrogens is 2. The van der Waals surface area contributed by atoms with Crippen LogP contribution < -0.4 is 11.1 Å². The molecular formula is C23H31N4O5P. The van der Waals surface area contributed by atoms with Crippen LogP contribution in [-0.4, -0.2) is 40.6 Å². The van der Waals surface area contributed by atoms with E-state index in [4.69, 9.17) is 19.3 Å². The highest BCUT2D eigenvalue weighted by molar-refractivity contribution is 7.53. The predicted molar refractivity (Wildman–Crippen MR) is 129 cm³/mol. The van der Waals surface area contributed by atoms with Gasteiger partial charge < -0.3 is 29.7 Å². The number of nitrogens with two attached hydrogens (primary N) is 1. The summed E-state index contributed by atoms with van der Waals surface area (Å²) in [6.45, 7) is 8.01. The van der Waals surface area contributed by atoms with Gasteiger partial charge in [0.05, 0.1) is 36.4 Å². The number of anilines is 2. The lowest BCUT2D eigenvalue weighted by Crippen LogP contribution is -2.29. The molecule has 0 bridgehead atoms. The van der Waals surface area contributed by atoms with E-state index in [-0.39, 0.29) is 6.16 Å². The van der Waals surface area contributed by atoms with Crippen molar-refractivity contribution in [1.29, 1.82) is 0 Å². The Morgan fingerprint density at radius 1 is 1.09 bits per heavy atom. The molecule has 0 aliphatic carbocycles. The number of aliphatic hydroxyl groups is 1. The van der Waals surface area contributed by atoms with E-state index in [2.05, 4.69) is 15.5 Å². The maximum absolute atomic E-state index is 12.7. The fraction of sp³-hybridized carbons (Fsp3) is 0.391. The average molecular weight is 474 g/mol. The molecule has 0 atom stereocenters. The summed E-state index contributed by atoms with van der Waals surface area (Å²) < 4.78 is 28.9. The number of benzene rings is 2. The quantitative estimate of drug-likeness (QED) is 0.261. The van der Waals surface area contributed by atoms with Crippen molar-refractivity contribution in [2.24, 2.45) is 0 Å². The minimum atomic E-state index is -3.17. The van der Waals surface area contributed by atoms with E-state index in [1.807, 2.05) is 36.4 Å². The number of nitrogens with zero attached hydrogens (tertiary/aromatic N) is 2. The third kappa shape index (κ3) is 6.88. The monoisotopic (exact) mass is 474 g/mol. The van der Waals surface area contributed by atoms with Gasteiger partial charge in [-0.2, -0.15) is 4.98 Å². The molecule has 1 heterocycles. The highest BCUT2D eigenvalue weighted by Crippen LogP contribution is 2.51. The van der Waals surface area contributed by atoms with Gasteiger partial charge in [0.15, 0.2) is 0 Å². The third-order valence-corrected chi connectivity index (χ3v) is 6.73. The van der Waals surface area contributed by atoms with Crippen LogP contribution in [-0.2, 0) is 19.8 Å². The van der Waals surface area contributed by atoms with Crippen molar-refractivity contribution in [3.8, 4) is 22.8 Å². The Hall–Kier alpha value is -2.71. The molecular weight excluding hydrogens is 443 g/mol. The van der Waals surface area contributed by atoms with Crippen molar-refractivity contribution in [2.75, 3.05) is 30.8 Å². The van der Waals surface area contributed by atoms with Crippen molar-refractivity contribution in [1.82, 2.24) is 10.1 Å². The lowest BCUT2D eigenvalue weighted by molar-refractivity contribution is 0.0945. The molecule has 0 fully saturated rings. The smallest absolute Gasteiger partial charge is 0.335 e. The number of nitrogen functional groups attached to an aromatic ring is 1. The Morgan fingerprint density at radius 2 is 1.73 bits per heavy atom. The molecule has 0 radical (unpaired) electrons. The van der Waals surface area contributed by atoms with Gasteiger partial charge in [0.1, 0.15) is 0 Å². The van der Waals surface area contributed by atoms with Gasteiger partial charge in [0, 0.05) is 17.7 Å². The molecule has 178 valence electrons. The molecule has 9 nitrogen and oxygen atoms in total. The van der Waals surface area contributed by atoms with E-state index < -0.39 is 13.2 Å². The first-order valence-electron chi connectivity index (χ1n) is 10.8. The fourth-order valence-corrected chi connectivity index (χ4v) is 4.83. The topological polar surface area (TPSA) is 133 Å². The zero-order valence-corrected chi connectivity index (χ0v) is 20.3. The second-order valence-electron chi connectivity index (χ2n) is 8.19. The maximum Gasteiger partial charge on any atom is 0.335 e. The largest absolute Gasteiger partial charge is 0.397 e. The molecule has 0 saturated heterocycles. The first kappa shape index (κ1) is 24.9. The van der Waals surface area contributed by atoms with Gasteiger partial charge in [0.2, 0.25) is 5.82 Å². The Bertz CT molecular complexity index is 1100. The second kappa shape index (κ2) is 10.5. The van der Waals surface area contributed by atoms with E-state index in [0.717, 1.165) is 11.1 Å². The lowest BCUT2D eigenvalue weighted by atomic mass is 10.1. The summed E-state index contributed by atoms with van der Waals surface area (Å²) >= 11 is 0.